The molecule has 1 aliphatic rings. The fourth-order valence-corrected chi connectivity index (χ4v) is 2.71. The lowest BCUT2D eigenvalue weighted by molar-refractivity contribution is -0.00907. The third-order valence-corrected chi connectivity index (χ3v) is 3.99. The number of rotatable bonds is 3. The molecule has 0 N–H and O–H groups in total. The normalized spacial score (nSPS) is 18.5. The molecular weight excluding hydrogens is 280 g/mol. The van der Waals surface area contributed by atoms with Gasteiger partial charge in [0.2, 0.25) is 0 Å². The van der Waals surface area contributed by atoms with Crippen LogP contribution in [0.25, 0.3) is 0 Å². The topological polar surface area (TPSA) is 55.6 Å². The Morgan fingerprint density at radius 2 is 2.27 bits per heavy atom. The van der Waals surface area contributed by atoms with Crippen LogP contribution in [0.1, 0.15) is 40.5 Å². The van der Waals surface area contributed by atoms with Gasteiger partial charge in [0, 0.05) is 24.9 Å². The number of carbonyl (C=O) groups excluding carboxylic acids is 1. The number of ether oxygens (including phenoxy) is 1. The monoisotopic (exact) mass is 300 g/mol. The van der Waals surface area contributed by atoms with Gasteiger partial charge in [0.05, 0.1) is 18.8 Å². The van der Waals surface area contributed by atoms with Crippen LogP contribution >= 0.6 is 0 Å². The second-order valence-electron chi connectivity index (χ2n) is 5.38. The van der Waals surface area contributed by atoms with Gasteiger partial charge in [-0.3, -0.25) is 9.78 Å². The second-order valence-corrected chi connectivity index (χ2v) is 5.38. The van der Waals surface area contributed by atoms with Crippen molar-refractivity contribution in [3.05, 3.63) is 53.2 Å². The molecule has 0 spiro atoms. The van der Waals surface area contributed by atoms with Crippen molar-refractivity contribution in [1.29, 1.82) is 0 Å². The molecule has 5 heteroatoms. The summed E-state index contributed by atoms with van der Waals surface area (Å²) in [4.78, 5) is 18.9. The number of nitrogens with zero attached hydrogens (tertiary/aromatic N) is 2. The van der Waals surface area contributed by atoms with Crippen LogP contribution in [0.15, 0.2) is 34.9 Å². The van der Waals surface area contributed by atoms with E-state index in [9.17, 15) is 4.79 Å². The number of pyridine rings is 1. The van der Waals surface area contributed by atoms with Gasteiger partial charge >= 0.3 is 0 Å². The van der Waals surface area contributed by atoms with Crippen LogP contribution in [0.3, 0.4) is 0 Å². The summed E-state index contributed by atoms with van der Waals surface area (Å²) in [5.74, 6) is 1.69. The molecule has 3 heterocycles. The molecule has 1 aliphatic heterocycles. The van der Waals surface area contributed by atoms with Crippen LogP contribution in [-0.4, -0.2) is 35.5 Å². The van der Waals surface area contributed by atoms with Crippen LogP contribution in [0.5, 0.6) is 0 Å². The average Bonchev–Trinajstić information content (AvgIpc) is 3.04. The number of morpholine rings is 1. The smallest absolute Gasteiger partial charge is 0.256 e. The molecule has 0 unspecified atom stereocenters. The Hall–Kier alpha value is -2.14. The van der Waals surface area contributed by atoms with Crippen molar-refractivity contribution in [1.82, 2.24) is 9.88 Å². The molecule has 116 valence electrons. The van der Waals surface area contributed by atoms with E-state index < -0.39 is 0 Å². The van der Waals surface area contributed by atoms with Crippen molar-refractivity contribution in [2.45, 2.75) is 26.3 Å². The fourth-order valence-electron chi connectivity index (χ4n) is 2.71. The quantitative estimate of drug-likeness (QED) is 0.874. The van der Waals surface area contributed by atoms with Gasteiger partial charge in [0.1, 0.15) is 17.6 Å². The van der Waals surface area contributed by atoms with E-state index in [0.717, 1.165) is 23.6 Å². The number of carbonyl (C=O) groups is 1. The number of hydrogen-bond donors (Lipinski definition) is 0. The van der Waals surface area contributed by atoms with Crippen LogP contribution in [0.4, 0.5) is 0 Å². The maximum atomic E-state index is 12.9. The zero-order chi connectivity index (χ0) is 15.5. The van der Waals surface area contributed by atoms with Crippen LogP contribution in [0.2, 0.25) is 0 Å². The number of hydrogen-bond acceptors (Lipinski definition) is 4. The highest BCUT2D eigenvalue weighted by Crippen LogP contribution is 2.28. The largest absolute Gasteiger partial charge is 0.464 e. The zero-order valence-corrected chi connectivity index (χ0v) is 12.9. The summed E-state index contributed by atoms with van der Waals surface area (Å²) >= 11 is 0. The summed E-state index contributed by atoms with van der Waals surface area (Å²) in [6.07, 6.45) is 2.53. The first-order valence-electron chi connectivity index (χ1n) is 7.59. The highest BCUT2D eigenvalue weighted by molar-refractivity contribution is 5.95. The van der Waals surface area contributed by atoms with Crippen LogP contribution in [-0.2, 0) is 11.2 Å². The Balaban J connectivity index is 1.89. The van der Waals surface area contributed by atoms with Crippen molar-refractivity contribution >= 4 is 5.91 Å². The molecule has 0 aliphatic carbocycles. The van der Waals surface area contributed by atoms with E-state index in [1.165, 1.54) is 0 Å². The minimum atomic E-state index is -0.179. The summed E-state index contributed by atoms with van der Waals surface area (Å²) in [7, 11) is 0. The number of aryl methyl sites for hydroxylation is 2. The van der Waals surface area contributed by atoms with Gasteiger partial charge in [-0.25, -0.2) is 0 Å². The van der Waals surface area contributed by atoms with Crippen molar-refractivity contribution in [2.24, 2.45) is 0 Å². The van der Waals surface area contributed by atoms with E-state index in [4.69, 9.17) is 9.15 Å². The van der Waals surface area contributed by atoms with Crippen molar-refractivity contribution in [2.75, 3.05) is 19.8 Å². The average molecular weight is 300 g/mol. The van der Waals surface area contributed by atoms with Gasteiger partial charge in [-0.05, 0) is 31.2 Å². The first-order chi connectivity index (χ1) is 10.7. The Morgan fingerprint density at radius 1 is 1.41 bits per heavy atom. The Labute approximate surface area is 129 Å². The van der Waals surface area contributed by atoms with Crippen molar-refractivity contribution in [3.63, 3.8) is 0 Å². The fraction of sp³-hybridized carbons (Fsp3) is 0.412. The molecule has 0 bridgehead atoms. The minimum absolute atomic E-state index is 0.0200. The van der Waals surface area contributed by atoms with Gasteiger partial charge in [0.15, 0.2) is 0 Å². The minimum Gasteiger partial charge on any atom is -0.464 e. The molecule has 5 nitrogen and oxygen atoms in total. The highest BCUT2D eigenvalue weighted by atomic mass is 16.5. The van der Waals surface area contributed by atoms with Gasteiger partial charge in [-0.2, -0.15) is 0 Å². The Morgan fingerprint density at radius 3 is 3.00 bits per heavy atom. The standard InChI is InChI=1S/C17H20N2O3/c1-3-13-6-7-16(22-13)15-11-21-10-9-19(15)17(20)14-5-4-8-18-12(14)2/h4-8,15H,3,9-11H2,1-2H3/t15-/m0/s1. The van der Waals surface area contributed by atoms with Gasteiger partial charge in [-0.1, -0.05) is 6.92 Å². The molecule has 1 fully saturated rings. The molecule has 1 saturated heterocycles. The van der Waals surface area contributed by atoms with Gasteiger partial charge < -0.3 is 14.1 Å². The molecule has 1 amide bonds. The first kappa shape index (κ1) is 14.8. The summed E-state index contributed by atoms with van der Waals surface area (Å²) in [5, 5.41) is 0. The summed E-state index contributed by atoms with van der Waals surface area (Å²) < 4.78 is 11.4. The number of furan rings is 1. The SMILES string of the molecule is CCc1ccc([C@@H]2COCCN2C(=O)c2cccnc2C)o1. The molecule has 0 saturated carbocycles. The van der Waals surface area contributed by atoms with E-state index in [0.29, 0.717) is 25.3 Å². The third-order valence-electron chi connectivity index (χ3n) is 3.99. The Kier molecular flexibility index (Phi) is 4.24. The predicted octanol–water partition coefficient (Wildman–Crippen LogP) is 2.76. The van der Waals surface area contributed by atoms with Crippen LogP contribution in [0, 0.1) is 6.92 Å². The zero-order valence-electron chi connectivity index (χ0n) is 12.9. The third kappa shape index (κ3) is 2.76. The molecule has 2 aromatic rings. The summed E-state index contributed by atoms with van der Waals surface area (Å²) in [6.45, 7) is 5.46. The van der Waals surface area contributed by atoms with E-state index >= 15 is 0 Å². The first-order valence-corrected chi connectivity index (χ1v) is 7.59. The van der Waals surface area contributed by atoms with E-state index in [1.54, 1.807) is 12.3 Å². The maximum Gasteiger partial charge on any atom is 0.256 e. The highest BCUT2D eigenvalue weighted by Gasteiger charge is 2.32. The second kappa shape index (κ2) is 6.32. The van der Waals surface area contributed by atoms with Gasteiger partial charge in [-0.15, -0.1) is 0 Å². The molecule has 3 rings (SSSR count). The lowest BCUT2D eigenvalue weighted by atomic mass is 10.1. The number of amides is 1. The molecule has 2 aromatic heterocycles. The maximum absolute atomic E-state index is 12.9. The predicted molar refractivity (Wildman–Crippen MR) is 81.7 cm³/mol. The van der Waals surface area contributed by atoms with Crippen molar-refractivity contribution in [3.8, 4) is 0 Å². The molecule has 1 atom stereocenters. The lowest BCUT2D eigenvalue weighted by Gasteiger charge is -2.34. The molecule has 22 heavy (non-hydrogen) atoms. The van der Waals surface area contributed by atoms with Crippen molar-refractivity contribution < 1.29 is 13.9 Å². The van der Waals surface area contributed by atoms with E-state index in [-0.39, 0.29) is 11.9 Å². The van der Waals surface area contributed by atoms with Gasteiger partial charge in [0.25, 0.3) is 5.91 Å². The number of aromatic nitrogens is 1. The van der Waals surface area contributed by atoms with Crippen LogP contribution < -0.4 is 0 Å². The summed E-state index contributed by atoms with van der Waals surface area (Å²) in [6, 6.07) is 7.33. The lowest BCUT2D eigenvalue weighted by Crippen LogP contribution is -2.43. The molecule has 0 radical (unpaired) electrons. The Bertz CT molecular complexity index is 665. The van der Waals surface area contributed by atoms with E-state index in [1.807, 2.05) is 36.9 Å². The summed E-state index contributed by atoms with van der Waals surface area (Å²) in [5.41, 5.74) is 1.38. The molecule has 0 aromatic carbocycles. The van der Waals surface area contributed by atoms with E-state index in [2.05, 4.69) is 4.98 Å². The molecular formula is C17H20N2O3.